The summed E-state index contributed by atoms with van der Waals surface area (Å²) in [7, 11) is -6.77. The Bertz CT molecular complexity index is 1820. The summed E-state index contributed by atoms with van der Waals surface area (Å²) < 4.78 is 71.3. The molecule has 1 aromatic carbocycles. The number of carbonyl (C=O) groups excluding carboxylic acids is 3. The summed E-state index contributed by atoms with van der Waals surface area (Å²) in [4.78, 5) is 41.8. The van der Waals surface area contributed by atoms with Gasteiger partial charge < -0.3 is 25.5 Å². The fourth-order valence-corrected chi connectivity index (χ4v) is 7.36. The number of aromatic nitrogens is 1. The molecule has 5 rings (SSSR count). The maximum absolute atomic E-state index is 13.2. The molecule has 1 fully saturated rings. The molecule has 1 aliphatic carbocycles. The van der Waals surface area contributed by atoms with E-state index < -0.39 is 38.0 Å². The lowest BCUT2D eigenvalue weighted by molar-refractivity contribution is -0.117. The number of ether oxygens (including phenoxy) is 1. The third-order valence-electron chi connectivity index (χ3n) is 9.03. The van der Waals surface area contributed by atoms with E-state index >= 15 is 0 Å². The number of hydrazone groups is 1. The topological polar surface area (TPSA) is 140 Å². The Morgan fingerprint density at radius 2 is 1.86 bits per heavy atom. The van der Waals surface area contributed by atoms with Crippen LogP contribution in [0, 0.1) is 5.41 Å². The van der Waals surface area contributed by atoms with Crippen molar-refractivity contribution in [2.45, 2.75) is 37.0 Å². The number of amides is 2. The molecule has 0 unspecified atom stereocenters. The Morgan fingerprint density at radius 1 is 1.14 bits per heavy atom. The average molecular weight is 762 g/mol. The number of aromatic hydroxyl groups is 1. The zero-order chi connectivity index (χ0) is 37.3. The molecule has 0 saturated carbocycles. The average Bonchev–Trinajstić information content (AvgIpc) is 3.39. The Morgan fingerprint density at radius 3 is 2.47 bits per heavy atom. The van der Waals surface area contributed by atoms with Gasteiger partial charge >= 0.3 is 10.2 Å². The molecule has 3 heterocycles. The van der Waals surface area contributed by atoms with E-state index in [1.807, 2.05) is 6.08 Å². The van der Waals surface area contributed by atoms with Gasteiger partial charge in [-0.15, -0.1) is 0 Å². The number of carbonyl (C=O) groups is 3. The van der Waals surface area contributed by atoms with Crippen molar-refractivity contribution < 1.29 is 43.7 Å². The van der Waals surface area contributed by atoms with Crippen LogP contribution in [-0.4, -0.2) is 95.9 Å². The Balaban J connectivity index is 1.28. The molecule has 19 heteroatoms. The Labute approximate surface area is 295 Å². The quantitative estimate of drug-likeness (QED) is 0.0845. The summed E-state index contributed by atoms with van der Waals surface area (Å²) in [6.07, 6.45) is 6.86. The first-order valence-corrected chi connectivity index (χ1v) is 18.2. The number of nitrogens with one attached hydrogen (secondary N) is 2. The minimum atomic E-state index is -9.96. The zero-order valence-corrected chi connectivity index (χ0v) is 29.3. The summed E-state index contributed by atoms with van der Waals surface area (Å²) >= 11 is 5.82. The predicted octanol–water partition coefficient (Wildman–Crippen LogP) is 6.23. The Hall–Kier alpha value is -4.42. The van der Waals surface area contributed by atoms with Crippen LogP contribution < -0.4 is 10.7 Å². The summed E-state index contributed by atoms with van der Waals surface area (Å²) in [6.45, 7) is 1.07. The number of hydrogen-bond acceptors (Lipinski definition) is 9. The van der Waals surface area contributed by atoms with Gasteiger partial charge in [0.1, 0.15) is 23.5 Å². The van der Waals surface area contributed by atoms with Crippen LogP contribution in [0.1, 0.15) is 42.6 Å². The molecule has 1 saturated heterocycles. The number of pyridine rings is 1. The van der Waals surface area contributed by atoms with Crippen LogP contribution >= 0.6 is 21.8 Å². The second-order valence-corrected chi connectivity index (χ2v) is 15.4. The SMILES string of the molecule is CN(CC(=O)Nc1ccc(S(F)(F)(F)(F)F)cc1Cl)/N=C(/C1=CCOCC1)N(C)NC1=C(C=O)C2(CC1)CCN(C(=O)c1ncccc1O)CC2. The van der Waals surface area contributed by atoms with Gasteiger partial charge in [-0.3, -0.25) is 24.4 Å². The number of piperidine rings is 1. The van der Waals surface area contributed by atoms with Gasteiger partial charge in [-0.1, -0.05) is 37.1 Å². The molecule has 51 heavy (non-hydrogen) atoms. The van der Waals surface area contributed by atoms with Gasteiger partial charge in [0.25, 0.3) is 5.91 Å². The molecule has 2 aliphatic heterocycles. The third kappa shape index (κ3) is 8.73. The normalized spacial score (nSPS) is 19.2. The minimum absolute atomic E-state index is 0.0247. The molecule has 12 nitrogen and oxygen atoms in total. The maximum Gasteiger partial charge on any atom is 0.310 e. The Kier molecular flexibility index (Phi) is 10.1. The number of rotatable bonds is 10. The van der Waals surface area contributed by atoms with E-state index in [1.165, 1.54) is 30.4 Å². The molecule has 2 amide bonds. The van der Waals surface area contributed by atoms with Gasteiger partial charge in [-0.05, 0) is 68.0 Å². The van der Waals surface area contributed by atoms with Gasteiger partial charge in [0, 0.05) is 50.1 Å². The molecule has 1 aromatic heterocycles. The molecular weight excluding hydrogens is 725 g/mol. The molecule has 0 atom stereocenters. The molecular formula is C32H37ClF5N7O5S. The summed E-state index contributed by atoms with van der Waals surface area (Å²) in [5, 5.41) is 19.2. The lowest BCUT2D eigenvalue weighted by Crippen LogP contribution is -2.44. The smallest absolute Gasteiger partial charge is 0.310 e. The van der Waals surface area contributed by atoms with E-state index in [4.69, 9.17) is 16.3 Å². The highest BCUT2D eigenvalue weighted by atomic mass is 35.5. The summed E-state index contributed by atoms with van der Waals surface area (Å²) in [6, 6.07) is 3.83. The highest BCUT2D eigenvalue weighted by Gasteiger charge is 2.65. The number of likely N-dealkylation sites (N-methyl/N-ethyl adjacent to an activating group) is 2. The summed E-state index contributed by atoms with van der Waals surface area (Å²) in [5.41, 5.74) is 4.57. The van der Waals surface area contributed by atoms with Gasteiger partial charge in [-0.25, -0.2) is 4.98 Å². The van der Waals surface area contributed by atoms with Crippen LogP contribution in [-0.2, 0) is 14.3 Å². The first-order chi connectivity index (χ1) is 23.8. The van der Waals surface area contributed by atoms with E-state index in [-0.39, 0.29) is 35.2 Å². The van der Waals surface area contributed by atoms with Gasteiger partial charge in [0.2, 0.25) is 5.91 Å². The fraction of sp³-hybridized carbons (Fsp3) is 0.406. The highest BCUT2D eigenvalue weighted by molar-refractivity contribution is 8.45. The molecule has 1 spiro atoms. The maximum atomic E-state index is 13.2. The van der Waals surface area contributed by atoms with Crippen molar-refractivity contribution in [2.24, 2.45) is 10.5 Å². The third-order valence-corrected chi connectivity index (χ3v) is 10.5. The number of aldehydes is 1. The van der Waals surface area contributed by atoms with Crippen molar-refractivity contribution in [2.75, 3.05) is 52.3 Å². The fourth-order valence-electron chi connectivity index (χ4n) is 6.40. The van der Waals surface area contributed by atoms with Crippen molar-refractivity contribution in [1.29, 1.82) is 0 Å². The van der Waals surface area contributed by atoms with Crippen LogP contribution in [0.25, 0.3) is 0 Å². The number of benzene rings is 1. The number of likely N-dealkylation sites (tertiary alicyclic amines) is 1. The molecule has 0 radical (unpaired) electrons. The first-order valence-electron chi connectivity index (χ1n) is 15.8. The second-order valence-electron chi connectivity index (χ2n) is 12.6. The monoisotopic (exact) mass is 761 g/mol. The van der Waals surface area contributed by atoms with E-state index in [1.54, 1.807) is 17.0 Å². The van der Waals surface area contributed by atoms with Crippen LogP contribution in [0.5, 0.6) is 5.75 Å². The number of hydrogen-bond donors (Lipinski definition) is 3. The van der Waals surface area contributed by atoms with Crippen molar-refractivity contribution in [1.82, 2.24) is 25.3 Å². The predicted molar refractivity (Wildman–Crippen MR) is 182 cm³/mol. The van der Waals surface area contributed by atoms with Gasteiger partial charge in [-0.2, -0.15) is 5.10 Å². The number of anilines is 1. The number of nitrogens with zero attached hydrogens (tertiary/aromatic N) is 5. The molecule has 2 aromatic rings. The van der Waals surface area contributed by atoms with Crippen molar-refractivity contribution in [3.63, 3.8) is 0 Å². The number of hydrazine groups is 1. The lowest BCUT2D eigenvalue weighted by Gasteiger charge is -2.40. The van der Waals surface area contributed by atoms with Crippen molar-refractivity contribution in [3.8, 4) is 5.75 Å². The molecule has 3 aliphatic rings. The van der Waals surface area contributed by atoms with Gasteiger partial charge in [0.05, 0.1) is 23.9 Å². The van der Waals surface area contributed by atoms with E-state index in [0.717, 1.165) is 11.9 Å². The van der Waals surface area contributed by atoms with E-state index in [2.05, 4.69) is 20.8 Å². The lowest BCUT2D eigenvalue weighted by atomic mass is 9.73. The van der Waals surface area contributed by atoms with Crippen LogP contribution in [0.2, 0.25) is 5.02 Å². The zero-order valence-electron chi connectivity index (χ0n) is 27.7. The van der Waals surface area contributed by atoms with Crippen LogP contribution in [0.3, 0.4) is 0 Å². The largest absolute Gasteiger partial charge is 0.505 e. The first kappa shape index (κ1) is 37.8. The molecule has 0 bridgehead atoms. The van der Waals surface area contributed by atoms with Gasteiger partial charge in [0.15, 0.2) is 11.5 Å². The standard InChI is InChI=1S/C32H37ClF5N7O5S/c1-43(19-28(48)40-26-6-5-22(18-24(26)33)51(34,35,36,37)38)42-30(21-8-16-50-17-9-21)44(2)41-25-7-10-32(23(25)20-46)11-14-45(15-12-32)31(49)29-27(47)4-3-13-39-29/h3-6,8,13,18,20,41,47H,7,9-12,14-17,19H2,1-2H3,(H,40,48)/b42-30-. The highest BCUT2D eigenvalue weighted by Crippen LogP contribution is 3.02. The van der Waals surface area contributed by atoms with Crippen molar-refractivity contribution >= 4 is 51.4 Å². The molecule has 278 valence electrons. The minimum Gasteiger partial charge on any atom is -0.505 e. The van der Waals surface area contributed by atoms with Crippen LogP contribution in [0.15, 0.2) is 69.4 Å². The van der Waals surface area contributed by atoms with E-state index in [0.29, 0.717) is 81.6 Å². The molecule has 3 N–H and O–H groups in total. The van der Waals surface area contributed by atoms with Crippen LogP contribution in [0.4, 0.5) is 25.1 Å². The number of halogens is 6. The number of amidine groups is 1. The number of allylic oxidation sites excluding steroid dienone is 2. The second kappa shape index (κ2) is 13.6. The van der Waals surface area contributed by atoms with E-state index in [9.17, 15) is 38.9 Å². The summed E-state index contributed by atoms with van der Waals surface area (Å²) in [5.74, 6) is -0.909. The van der Waals surface area contributed by atoms with Crippen molar-refractivity contribution in [3.05, 3.63) is 70.2 Å².